The molecule has 4 aromatic rings. The number of aryl methyl sites for hydroxylation is 2. The van der Waals surface area contributed by atoms with Gasteiger partial charge in [-0.2, -0.15) is 0 Å². The van der Waals surface area contributed by atoms with Crippen LogP contribution in [-0.4, -0.2) is 4.57 Å². The molecule has 1 nitrogen and oxygen atoms in total. The lowest BCUT2D eigenvalue weighted by molar-refractivity contribution is 0.911. The summed E-state index contributed by atoms with van der Waals surface area (Å²) >= 11 is 0. The summed E-state index contributed by atoms with van der Waals surface area (Å²) in [7, 11) is 2.17. The quantitative estimate of drug-likeness (QED) is 0.419. The van der Waals surface area contributed by atoms with Gasteiger partial charge in [-0.25, -0.2) is 0 Å². The minimum absolute atomic E-state index is 1.26. The van der Waals surface area contributed by atoms with Crippen molar-refractivity contribution in [3.05, 3.63) is 84.1 Å². The largest absolute Gasteiger partial charge is 0.347 e. The maximum atomic E-state index is 2.33. The first-order chi connectivity index (χ1) is 11.7. The van der Waals surface area contributed by atoms with Gasteiger partial charge in [-0.05, 0) is 48.2 Å². The third kappa shape index (κ3) is 2.25. The highest BCUT2D eigenvalue weighted by Crippen LogP contribution is 2.37. The molecule has 0 aliphatic heterocycles. The molecule has 0 unspecified atom stereocenters. The Labute approximate surface area is 143 Å². The van der Waals surface area contributed by atoms with Crippen LogP contribution in [0.15, 0.2) is 72.8 Å². The van der Waals surface area contributed by atoms with E-state index in [1.54, 1.807) is 0 Å². The number of nitrogens with zero attached hydrogens (tertiary/aromatic N) is 1. The van der Waals surface area contributed by atoms with Gasteiger partial charge >= 0.3 is 0 Å². The van der Waals surface area contributed by atoms with Crippen LogP contribution in [0.25, 0.3) is 33.2 Å². The van der Waals surface area contributed by atoms with Crippen LogP contribution in [0, 0.1) is 13.8 Å². The number of benzene rings is 3. The Hall–Kier alpha value is -2.80. The van der Waals surface area contributed by atoms with Crippen LogP contribution in [0.5, 0.6) is 0 Å². The minimum atomic E-state index is 1.26. The zero-order chi connectivity index (χ0) is 16.7. The Balaban J connectivity index is 2.10. The van der Waals surface area contributed by atoms with E-state index in [0.29, 0.717) is 0 Å². The molecule has 0 saturated carbocycles. The predicted molar refractivity (Wildman–Crippen MR) is 103 cm³/mol. The van der Waals surface area contributed by atoms with Crippen molar-refractivity contribution in [2.24, 2.45) is 7.05 Å². The van der Waals surface area contributed by atoms with E-state index in [1.165, 1.54) is 44.4 Å². The van der Waals surface area contributed by atoms with E-state index in [4.69, 9.17) is 0 Å². The summed E-state index contributed by atoms with van der Waals surface area (Å²) in [5.41, 5.74) is 9.10. The Kier molecular flexibility index (Phi) is 3.50. The molecule has 3 aromatic carbocycles. The lowest BCUT2D eigenvalue weighted by atomic mass is 9.95. The summed E-state index contributed by atoms with van der Waals surface area (Å²) < 4.78 is 2.32. The van der Waals surface area contributed by atoms with Gasteiger partial charge in [0.2, 0.25) is 0 Å². The van der Waals surface area contributed by atoms with E-state index in [9.17, 15) is 0 Å². The lowest BCUT2D eigenvalue weighted by Crippen LogP contribution is -1.93. The van der Waals surface area contributed by atoms with Crippen LogP contribution in [0.3, 0.4) is 0 Å². The van der Waals surface area contributed by atoms with E-state index in [-0.39, 0.29) is 0 Å². The molecule has 0 N–H and O–H groups in total. The Morgan fingerprint density at radius 2 is 1.25 bits per heavy atom. The highest BCUT2D eigenvalue weighted by atomic mass is 14.9. The topological polar surface area (TPSA) is 4.93 Å². The van der Waals surface area contributed by atoms with Crippen LogP contribution in [0.2, 0.25) is 0 Å². The highest BCUT2D eigenvalue weighted by molar-refractivity contribution is 6.00. The molecular weight excluding hydrogens is 290 g/mol. The molecule has 0 atom stereocenters. The SMILES string of the molecule is Cc1c(C)n(C)c2c(-c3ccccc3)cc(-c3ccccc3)cc12. The average molecular weight is 311 g/mol. The highest BCUT2D eigenvalue weighted by Gasteiger charge is 2.15. The molecule has 0 saturated heterocycles. The third-order valence-electron chi connectivity index (χ3n) is 5.09. The summed E-state index contributed by atoms with van der Waals surface area (Å²) in [6, 6.07) is 26.0. The van der Waals surface area contributed by atoms with Gasteiger partial charge in [-0.3, -0.25) is 0 Å². The molecule has 0 fully saturated rings. The van der Waals surface area contributed by atoms with Gasteiger partial charge in [-0.15, -0.1) is 0 Å². The molecule has 0 aliphatic rings. The molecule has 0 bridgehead atoms. The average Bonchev–Trinajstić information content (AvgIpc) is 2.87. The molecule has 0 amide bonds. The van der Waals surface area contributed by atoms with Gasteiger partial charge in [-0.1, -0.05) is 60.7 Å². The van der Waals surface area contributed by atoms with Gasteiger partial charge in [0.15, 0.2) is 0 Å². The van der Waals surface area contributed by atoms with Gasteiger partial charge in [0, 0.05) is 23.7 Å². The van der Waals surface area contributed by atoms with Crippen molar-refractivity contribution >= 4 is 10.9 Å². The standard InChI is InChI=1S/C23H21N/c1-16-17(2)24(3)23-21(16)14-20(18-10-6-4-7-11-18)15-22(23)19-12-8-5-9-13-19/h4-15H,1-3H3. The van der Waals surface area contributed by atoms with Crippen molar-refractivity contribution in [3.8, 4) is 22.3 Å². The number of hydrogen-bond donors (Lipinski definition) is 0. The Morgan fingerprint density at radius 1 is 0.667 bits per heavy atom. The predicted octanol–water partition coefficient (Wildman–Crippen LogP) is 6.13. The van der Waals surface area contributed by atoms with Gasteiger partial charge in [0.25, 0.3) is 0 Å². The second kappa shape index (κ2) is 5.68. The summed E-state index contributed by atoms with van der Waals surface area (Å²) in [5.74, 6) is 0. The zero-order valence-corrected chi connectivity index (χ0v) is 14.4. The van der Waals surface area contributed by atoms with Crippen molar-refractivity contribution in [1.29, 1.82) is 0 Å². The van der Waals surface area contributed by atoms with E-state index in [1.807, 2.05) is 0 Å². The molecular formula is C23H21N. The summed E-state index contributed by atoms with van der Waals surface area (Å²) in [6.45, 7) is 4.42. The van der Waals surface area contributed by atoms with Crippen LogP contribution in [0.4, 0.5) is 0 Å². The fourth-order valence-corrected chi connectivity index (χ4v) is 3.53. The van der Waals surface area contributed by atoms with Crippen molar-refractivity contribution in [1.82, 2.24) is 4.57 Å². The lowest BCUT2D eigenvalue weighted by Gasteiger charge is -2.11. The maximum absolute atomic E-state index is 2.33. The third-order valence-corrected chi connectivity index (χ3v) is 5.09. The van der Waals surface area contributed by atoms with Crippen LogP contribution in [-0.2, 0) is 7.05 Å². The first-order valence-corrected chi connectivity index (χ1v) is 8.37. The van der Waals surface area contributed by atoms with Crippen LogP contribution < -0.4 is 0 Å². The van der Waals surface area contributed by atoms with Crippen molar-refractivity contribution in [3.63, 3.8) is 0 Å². The maximum Gasteiger partial charge on any atom is 0.0562 e. The summed E-state index contributed by atoms with van der Waals surface area (Å²) in [4.78, 5) is 0. The van der Waals surface area contributed by atoms with Gasteiger partial charge in [0.05, 0.1) is 5.52 Å². The number of fused-ring (bicyclic) bond motifs is 1. The smallest absolute Gasteiger partial charge is 0.0562 e. The Bertz CT molecular complexity index is 1010. The van der Waals surface area contributed by atoms with Crippen molar-refractivity contribution in [2.45, 2.75) is 13.8 Å². The molecule has 0 radical (unpaired) electrons. The fourth-order valence-electron chi connectivity index (χ4n) is 3.53. The van der Waals surface area contributed by atoms with Crippen molar-refractivity contribution in [2.75, 3.05) is 0 Å². The molecule has 118 valence electrons. The second-order valence-electron chi connectivity index (χ2n) is 6.42. The number of aromatic nitrogens is 1. The first-order valence-electron chi connectivity index (χ1n) is 8.37. The van der Waals surface area contributed by atoms with Crippen LogP contribution in [0.1, 0.15) is 11.3 Å². The van der Waals surface area contributed by atoms with Crippen molar-refractivity contribution < 1.29 is 0 Å². The second-order valence-corrected chi connectivity index (χ2v) is 6.42. The molecule has 24 heavy (non-hydrogen) atoms. The zero-order valence-electron chi connectivity index (χ0n) is 14.4. The molecule has 0 aliphatic carbocycles. The Morgan fingerprint density at radius 3 is 1.88 bits per heavy atom. The molecule has 1 heterocycles. The monoisotopic (exact) mass is 311 g/mol. The number of rotatable bonds is 2. The minimum Gasteiger partial charge on any atom is -0.347 e. The van der Waals surface area contributed by atoms with Crippen LogP contribution >= 0.6 is 0 Å². The van der Waals surface area contributed by atoms with Gasteiger partial charge in [0.1, 0.15) is 0 Å². The molecule has 0 spiro atoms. The number of hydrogen-bond acceptors (Lipinski definition) is 0. The first kappa shape index (κ1) is 14.8. The molecule has 1 heteroatoms. The van der Waals surface area contributed by atoms with Gasteiger partial charge < -0.3 is 4.57 Å². The van der Waals surface area contributed by atoms with E-state index >= 15 is 0 Å². The van der Waals surface area contributed by atoms with E-state index < -0.39 is 0 Å². The normalized spacial score (nSPS) is 11.1. The van der Waals surface area contributed by atoms with E-state index in [2.05, 4.69) is 98.3 Å². The van der Waals surface area contributed by atoms with E-state index in [0.717, 1.165) is 0 Å². The molecule has 4 rings (SSSR count). The summed E-state index contributed by atoms with van der Waals surface area (Å²) in [6.07, 6.45) is 0. The summed E-state index contributed by atoms with van der Waals surface area (Å²) in [5, 5.41) is 1.34. The fraction of sp³-hybridized carbons (Fsp3) is 0.130. The molecule has 1 aromatic heterocycles.